The zero-order chi connectivity index (χ0) is 13.5. The summed E-state index contributed by atoms with van der Waals surface area (Å²) in [5, 5.41) is 10.2. The number of ether oxygens (including phenoxy) is 2. The van der Waals surface area contributed by atoms with E-state index in [0.29, 0.717) is 19.1 Å². The first kappa shape index (κ1) is 14.3. The van der Waals surface area contributed by atoms with E-state index in [0.717, 1.165) is 43.6 Å². The van der Waals surface area contributed by atoms with Crippen molar-refractivity contribution in [2.75, 3.05) is 13.2 Å². The van der Waals surface area contributed by atoms with Crippen molar-refractivity contribution in [3.63, 3.8) is 0 Å². The molecule has 2 unspecified atom stereocenters. The molecule has 0 aromatic carbocycles. The van der Waals surface area contributed by atoms with Crippen molar-refractivity contribution >= 4 is 0 Å². The normalized spacial score (nSPS) is 20.4. The van der Waals surface area contributed by atoms with Crippen molar-refractivity contribution in [2.24, 2.45) is 0 Å². The number of aromatic nitrogens is 1. The lowest BCUT2D eigenvalue weighted by Gasteiger charge is -2.14. The molecule has 2 heterocycles. The van der Waals surface area contributed by atoms with Gasteiger partial charge < -0.3 is 14.6 Å². The van der Waals surface area contributed by atoms with Crippen molar-refractivity contribution in [2.45, 2.75) is 51.2 Å². The van der Waals surface area contributed by atoms with E-state index in [1.807, 2.05) is 6.07 Å². The molecule has 0 radical (unpaired) electrons. The van der Waals surface area contributed by atoms with Crippen LogP contribution in [0.4, 0.5) is 0 Å². The molecule has 1 aromatic rings. The highest BCUT2D eigenvalue weighted by Gasteiger charge is 2.18. The highest BCUT2D eigenvalue weighted by Crippen LogP contribution is 2.25. The maximum Gasteiger partial charge on any atom is 0.137 e. The Hall–Kier alpha value is -1.13. The van der Waals surface area contributed by atoms with Gasteiger partial charge in [0.05, 0.1) is 25.0 Å². The second kappa shape index (κ2) is 7.46. The average Bonchev–Trinajstić information content (AvgIpc) is 2.96. The molecule has 1 aromatic heterocycles. The van der Waals surface area contributed by atoms with Crippen LogP contribution in [0.3, 0.4) is 0 Å². The number of aliphatic hydroxyl groups excluding tert-OH is 1. The molecule has 4 nitrogen and oxygen atoms in total. The second-order valence-corrected chi connectivity index (χ2v) is 5.03. The number of nitrogens with zero attached hydrogens (tertiary/aromatic N) is 1. The van der Waals surface area contributed by atoms with Gasteiger partial charge in [-0.2, -0.15) is 0 Å². The fourth-order valence-electron chi connectivity index (χ4n) is 2.30. The monoisotopic (exact) mass is 265 g/mol. The summed E-state index contributed by atoms with van der Waals surface area (Å²) in [5.74, 6) is 0.732. The summed E-state index contributed by atoms with van der Waals surface area (Å²) in [6.07, 6.45) is 8.07. The Morgan fingerprint density at radius 1 is 1.53 bits per heavy atom. The van der Waals surface area contributed by atoms with Gasteiger partial charge in [0.1, 0.15) is 5.75 Å². The number of hydrogen-bond donors (Lipinski definition) is 1. The van der Waals surface area contributed by atoms with Crippen LogP contribution in [0, 0.1) is 0 Å². The van der Waals surface area contributed by atoms with Gasteiger partial charge in [0.25, 0.3) is 0 Å². The molecule has 0 aliphatic carbocycles. The van der Waals surface area contributed by atoms with Crippen LogP contribution < -0.4 is 4.74 Å². The van der Waals surface area contributed by atoms with E-state index in [4.69, 9.17) is 9.47 Å². The summed E-state index contributed by atoms with van der Waals surface area (Å²) in [6, 6.07) is 1.88. The van der Waals surface area contributed by atoms with Crippen molar-refractivity contribution in [1.29, 1.82) is 0 Å². The molecule has 2 atom stereocenters. The highest BCUT2D eigenvalue weighted by molar-refractivity contribution is 5.25. The quantitative estimate of drug-likeness (QED) is 0.823. The van der Waals surface area contributed by atoms with Gasteiger partial charge in [0, 0.05) is 18.4 Å². The summed E-state index contributed by atoms with van der Waals surface area (Å²) < 4.78 is 11.1. The van der Waals surface area contributed by atoms with Crippen LogP contribution in [0.5, 0.6) is 5.75 Å². The molecule has 0 amide bonds. The molecule has 1 fully saturated rings. The molecule has 0 bridgehead atoms. The Kier molecular flexibility index (Phi) is 5.61. The smallest absolute Gasteiger partial charge is 0.137 e. The molecular weight excluding hydrogens is 242 g/mol. The molecule has 1 N–H and O–H groups in total. The minimum absolute atomic E-state index is 0.321. The van der Waals surface area contributed by atoms with Gasteiger partial charge in [-0.05, 0) is 38.2 Å². The number of pyridine rings is 1. The van der Waals surface area contributed by atoms with E-state index >= 15 is 0 Å². The summed E-state index contributed by atoms with van der Waals surface area (Å²) >= 11 is 0. The van der Waals surface area contributed by atoms with Gasteiger partial charge in [0.15, 0.2) is 0 Å². The van der Waals surface area contributed by atoms with Gasteiger partial charge in [-0.3, -0.25) is 4.98 Å². The topological polar surface area (TPSA) is 51.6 Å². The van der Waals surface area contributed by atoms with Gasteiger partial charge in [0.2, 0.25) is 0 Å². The number of aliphatic hydroxyl groups is 1. The van der Waals surface area contributed by atoms with E-state index in [1.54, 1.807) is 12.4 Å². The maximum atomic E-state index is 10.2. The summed E-state index contributed by atoms with van der Waals surface area (Å²) in [7, 11) is 0. The zero-order valence-electron chi connectivity index (χ0n) is 11.5. The van der Waals surface area contributed by atoms with Crippen molar-refractivity contribution in [3.05, 3.63) is 24.0 Å². The van der Waals surface area contributed by atoms with Crippen molar-refractivity contribution in [1.82, 2.24) is 4.98 Å². The molecular formula is C15H23NO3. The summed E-state index contributed by atoms with van der Waals surface area (Å²) in [6.45, 7) is 3.60. The summed E-state index contributed by atoms with van der Waals surface area (Å²) in [5.41, 5.74) is 0.826. The van der Waals surface area contributed by atoms with Crippen LogP contribution in [0.1, 0.15) is 50.7 Å². The van der Waals surface area contributed by atoms with E-state index in [2.05, 4.69) is 11.9 Å². The Morgan fingerprint density at radius 3 is 3.16 bits per heavy atom. The third-order valence-corrected chi connectivity index (χ3v) is 3.38. The highest BCUT2D eigenvalue weighted by atomic mass is 16.5. The third-order valence-electron chi connectivity index (χ3n) is 3.38. The molecule has 4 heteroatoms. The molecule has 19 heavy (non-hydrogen) atoms. The molecule has 2 rings (SSSR count). The summed E-state index contributed by atoms with van der Waals surface area (Å²) in [4.78, 5) is 4.12. The van der Waals surface area contributed by atoms with Crippen LogP contribution in [0.25, 0.3) is 0 Å². The number of hydrogen-bond acceptors (Lipinski definition) is 4. The lowest BCUT2D eigenvalue weighted by atomic mass is 10.0. The minimum atomic E-state index is -0.484. The van der Waals surface area contributed by atoms with Gasteiger partial charge in [-0.25, -0.2) is 0 Å². The van der Waals surface area contributed by atoms with Crippen molar-refractivity contribution in [3.8, 4) is 5.75 Å². The lowest BCUT2D eigenvalue weighted by molar-refractivity contribution is 0.0811. The molecule has 0 spiro atoms. The van der Waals surface area contributed by atoms with Crippen molar-refractivity contribution < 1.29 is 14.6 Å². The number of rotatable bonds is 7. The zero-order valence-corrected chi connectivity index (χ0v) is 11.5. The Labute approximate surface area is 114 Å². The predicted octanol–water partition coefficient (Wildman–Crippen LogP) is 2.86. The first-order valence-corrected chi connectivity index (χ1v) is 7.17. The molecule has 0 saturated carbocycles. The Balaban J connectivity index is 1.84. The largest absolute Gasteiger partial charge is 0.492 e. The SMILES string of the molecule is CCCOc1cncc(C(O)CCC2CCCO2)c1. The fraction of sp³-hybridized carbons (Fsp3) is 0.667. The van der Waals surface area contributed by atoms with Crippen LogP contribution in [0.15, 0.2) is 18.5 Å². The van der Waals surface area contributed by atoms with Crippen LogP contribution >= 0.6 is 0 Å². The van der Waals surface area contributed by atoms with Crippen LogP contribution in [-0.4, -0.2) is 29.4 Å². The van der Waals surface area contributed by atoms with E-state index in [9.17, 15) is 5.11 Å². The van der Waals surface area contributed by atoms with Crippen LogP contribution in [-0.2, 0) is 4.74 Å². The third kappa shape index (κ3) is 4.48. The second-order valence-electron chi connectivity index (χ2n) is 5.03. The Morgan fingerprint density at radius 2 is 2.42 bits per heavy atom. The lowest BCUT2D eigenvalue weighted by Crippen LogP contribution is -2.08. The van der Waals surface area contributed by atoms with Gasteiger partial charge in [-0.1, -0.05) is 6.92 Å². The fourth-order valence-corrected chi connectivity index (χ4v) is 2.30. The van der Waals surface area contributed by atoms with Gasteiger partial charge >= 0.3 is 0 Å². The van der Waals surface area contributed by atoms with E-state index in [-0.39, 0.29) is 0 Å². The maximum absolute atomic E-state index is 10.2. The standard InChI is InChI=1S/C15H23NO3/c1-2-7-18-14-9-12(10-16-11-14)15(17)6-5-13-4-3-8-19-13/h9-11,13,15,17H,2-8H2,1H3. The van der Waals surface area contributed by atoms with Crippen LogP contribution in [0.2, 0.25) is 0 Å². The molecule has 1 saturated heterocycles. The first-order valence-electron chi connectivity index (χ1n) is 7.17. The molecule has 106 valence electrons. The Bertz CT molecular complexity index is 377. The van der Waals surface area contributed by atoms with E-state index < -0.39 is 6.10 Å². The minimum Gasteiger partial charge on any atom is -0.492 e. The van der Waals surface area contributed by atoms with Gasteiger partial charge in [-0.15, -0.1) is 0 Å². The van der Waals surface area contributed by atoms with E-state index in [1.165, 1.54) is 0 Å². The molecule has 1 aliphatic heterocycles. The molecule has 1 aliphatic rings. The predicted molar refractivity (Wildman–Crippen MR) is 73.2 cm³/mol. The average molecular weight is 265 g/mol. The first-order chi connectivity index (χ1) is 9.29.